The van der Waals surface area contributed by atoms with E-state index in [1.807, 2.05) is 0 Å². The molecule has 1 aromatic carbocycles. The van der Waals surface area contributed by atoms with Crippen molar-refractivity contribution in [3.8, 4) is 11.5 Å². The van der Waals surface area contributed by atoms with Gasteiger partial charge in [-0.1, -0.05) is 11.6 Å². The molecule has 112 valence electrons. The first kappa shape index (κ1) is 14.7. The Hall–Kier alpha value is -2.18. The van der Waals surface area contributed by atoms with Gasteiger partial charge in [-0.05, 0) is 24.6 Å². The minimum absolute atomic E-state index is 0.0198. The van der Waals surface area contributed by atoms with Crippen molar-refractivity contribution in [2.24, 2.45) is 5.73 Å². The van der Waals surface area contributed by atoms with E-state index < -0.39 is 11.7 Å². The molecule has 2 aromatic heterocycles. The number of hydrogen-bond acceptors (Lipinski definition) is 4. The SMILES string of the molecule is Cc1c(C(N)=O)sc2cncc(Oc3ccc(Cl)c(F)c3)c12. The first-order valence-electron chi connectivity index (χ1n) is 6.27. The molecule has 2 N–H and O–H groups in total. The average Bonchev–Trinajstić information content (AvgIpc) is 2.81. The number of ether oxygens (including phenoxy) is 1. The highest BCUT2D eigenvalue weighted by Crippen LogP contribution is 2.38. The third-order valence-corrected chi connectivity index (χ3v) is 4.69. The zero-order chi connectivity index (χ0) is 15.9. The van der Waals surface area contributed by atoms with Crippen LogP contribution in [-0.2, 0) is 0 Å². The largest absolute Gasteiger partial charge is 0.455 e. The molecule has 2 heterocycles. The highest BCUT2D eigenvalue weighted by atomic mass is 35.5. The minimum Gasteiger partial charge on any atom is -0.455 e. The fourth-order valence-corrected chi connectivity index (χ4v) is 3.31. The maximum Gasteiger partial charge on any atom is 0.259 e. The normalized spacial score (nSPS) is 10.9. The maximum atomic E-state index is 13.5. The van der Waals surface area contributed by atoms with Crippen LogP contribution in [0.1, 0.15) is 15.2 Å². The molecule has 0 atom stereocenters. The topological polar surface area (TPSA) is 65.2 Å². The van der Waals surface area contributed by atoms with Gasteiger partial charge in [-0.3, -0.25) is 9.78 Å². The van der Waals surface area contributed by atoms with E-state index in [2.05, 4.69) is 4.98 Å². The molecule has 0 fully saturated rings. The van der Waals surface area contributed by atoms with E-state index in [0.29, 0.717) is 16.4 Å². The van der Waals surface area contributed by atoms with E-state index in [1.165, 1.54) is 29.7 Å². The van der Waals surface area contributed by atoms with Crippen LogP contribution in [0, 0.1) is 12.7 Å². The van der Waals surface area contributed by atoms with E-state index in [-0.39, 0.29) is 5.02 Å². The number of aryl methyl sites for hydroxylation is 1. The lowest BCUT2D eigenvalue weighted by Crippen LogP contribution is -2.09. The third kappa shape index (κ3) is 2.51. The molecule has 3 aromatic rings. The van der Waals surface area contributed by atoms with Gasteiger partial charge in [-0.15, -0.1) is 11.3 Å². The number of carbonyl (C=O) groups is 1. The van der Waals surface area contributed by atoms with E-state index in [4.69, 9.17) is 22.1 Å². The van der Waals surface area contributed by atoms with Crippen molar-refractivity contribution in [3.05, 3.63) is 51.9 Å². The number of benzene rings is 1. The number of amides is 1. The van der Waals surface area contributed by atoms with Gasteiger partial charge >= 0.3 is 0 Å². The number of pyridine rings is 1. The molecule has 4 nitrogen and oxygen atoms in total. The fraction of sp³-hybridized carbons (Fsp3) is 0.0667. The molecule has 0 saturated carbocycles. The molecule has 0 saturated heterocycles. The van der Waals surface area contributed by atoms with Crippen molar-refractivity contribution in [1.82, 2.24) is 4.98 Å². The Balaban J connectivity index is 2.10. The van der Waals surface area contributed by atoms with Gasteiger partial charge in [0.25, 0.3) is 5.91 Å². The van der Waals surface area contributed by atoms with Gasteiger partial charge in [0.15, 0.2) is 5.75 Å². The van der Waals surface area contributed by atoms with Gasteiger partial charge < -0.3 is 10.5 Å². The number of thiophene rings is 1. The van der Waals surface area contributed by atoms with Crippen molar-refractivity contribution in [3.63, 3.8) is 0 Å². The Bertz CT molecular complexity index is 895. The van der Waals surface area contributed by atoms with Crippen molar-refractivity contribution < 1.29 is 13.9 Å². The predicted octanol–water partition coefficient (Wildman–Crippen LogP) is 4.29. The number of fused-ring (bicyclic) bond motifs is 1. The second kappa shape index (κ2) is 5.55. The molecule has 7 heteroatoms. The number of nitrogens with zero attached hydrogens (tertiary/aromatic N) is 1. The molecule has 0 unspecified atom stereocenters. The number of halogens is 2. The van der Waals surface area contributed by atoms with Crippen molar-refractivity contribution in [2.45, 2.75) is 6.92 Å². The number of rotatable bonds is 3. The minimum atomic E-state index is -0.570. The summed E-state index contributed by atoms with van der Waals surface area (Å²) >= 11 is 6.90. The van der Waals surface area contributed by atoms with E-state index in [9.17, 15) is 9.18 Å². The van der Waals surface area contributed by atoms with E-state index >= 15 is 0 Å². The Labute approximate surface area is 134 Å². The summed E-state index contributed by atoms with van der Waals surface area (Å²) in [6, 6.07) is 4.16. The first-order valence-corrected chi connectivity index (χ1v) is 7.46. The highest BCUT2D eigenvalue weighted by molar-refractivity contribution is 7.21. The monoisotopic (exact) mass is 336 g/mol. The molecule has 0 radical (unpaired) electrons. The fourth-order valence-electron chi connectivity index (χ4n) is 2.15. The molecule has 3 rings (SSSR count). The van der Waals surface area contributed by atoms with Gasteiger partial charge in [-0.2, -0.15) is 0 Å². The summed E-state index contributed by atoms with van der Waals surface area (Å²) in [6.07, 6.45) is 3.15. The molecule has 22 heavy (non-hydrogen) atoms. The smallest absolute Gasteiger partial charge is 0.259 e. The summed E-state index contributed by atoms with van der Waals surface area (Å²) in [4.78, 5) is 16.0. The molecule has 0 aliphatic rings. The Morgan fingerprint density at radius 1 is 1.41 bits per heavy atom. The lowest BCUT2D eigenvalue weighted by molar-refractivity contribution is 0.100. The van der Waals surface area contributed by atoms with Crippen LogP contribution >= 0.6 is 22.9 Å². The Kier molecular flexibility index (Phi) is 3.72. The predicted molar refractivity (Wildman–Crippen MR) is 84.4 cm³/mol. The quantitative estimate of drug-likeness (QED) is 0.776. The van der Waals surface area contributed by atoms with E-state index in [1.54, 1.807) is 19.2 Å². The molecular formula is C15H10ClFN2O2S. The molecule has 0 aliphatic carbocycles. The number of carbonyl (C=O) groups excluding carboxylic acids is 1. The van der Waals surface area contributed by atoms with Crippen LogP contribution < -0.4 is 10.5 Å². The zero-order valence-corrected chi connectivity index (χ0v) is 13.0. The van der Waals surface area contributed by atoms with Crippen LogP contribution in [0.15, 0.2) is 30.6 Å². The van der Waals surface area contributed by atoms with Gasteiger partial charge in [-0.25, -0.2) is 4.39 Å². The van der Waals surface area contributed by atoms with Gasteiger partial charge in [0.05, 0.1) is 20.8 Å². The molecular weight excluding hydrogens is 327 g/mol. The van der Waals surface area contributed by atoms with Gasteiger partial charge in [0.2, 0.25) is 0 Å². The van der Waals surface area contributed by atoms with Crippen molar-refractivity contribution in [1.29, 1.82) is 0 Å². The van der Waals surface area contributed by atoms with Crippen LogP contribution in [0.2, 0.25) is 5.02 Å². The highest BCUT2D eigenvalue weighted by Gasteiger charge is 2.17. The lowest BCUT2D eigenvalue weighted by atomic mass is 10.1. The number of nitrogens with two attached hydrogens (primary N) is 1. The summed E-state index contributed by atoms with van der Waals surface area (Å²) in [7, 11) is 0. The summed E-state index contributed by atoms with van der Waals surface area (Å²) in [5.41, 5.74) is 6.09. The summed E-state index contributed by atoms with van der Waals surface area (Å²) in [5, 5.41) is 0.760. The standard InChI is InChI=1S/C15H10ClFN2O2S/c1-7-13-11(21-8-2-3-9(16)10(17)4-8)5-19-6-12(13)22-14(7)15(18)20/h2-6H,1H3,(H2,18,20). The number of aromatic nitrogens is 1. The molecule has 0 aliphatic heterocycles. The molecule has 0 spiro atoms. The van der Waals surface area contributed by atoms with Gasteiger partial charge in [0.1, 0.15) is 11.6 Å². The Morgan fingerprint density at radius 3 is 2.86 bits per heavy atom. The van der Waals surface area contributed by atoms with Crippen molar-refractivity contribution >= 4 is 38.9 Å². The average molecular weight is 337 g/mol. The van der Waals surface area contributed by atoms with Crippen LogP contribution in [0.5, 0.6) is 11.5 Å². The lowest BCUT2D eigenvalue weighted by Gasteiger charge is -2.08. The van der Waals surface area contributed by atoms with Crippen LogP contribution in [-0.4, -0.2) is 10.9 Å². The number of primary amides is 1. The summed E-state index contributed by atoms with van der Waals surface area (Å²) in [5.74, 6) is -0.343. The number of hydrogen-bond donors (Lipinski definition) is 1. The third-order valence-electron chi connectivity index (χ3n) is 3.15. The maximum absolute atomic E-state index is 13.5. The Morgan fingerprint density at radius 2 is 2.18 bits per heavy atom. The van der Waals surface area contributed by atoms with Crippen LogP contribution in [0.4, 0.5) is 4.39 Å². The van der Waals surface area contributed by atoms with Crippen LogP contribution in [0.3, 0.4) is 0 Å². The first-order chi connectivity index (χ1) is 10.5. The van der Waals surface area contributed by atoms with E-state index in [0.717, 1.165) is 15.6 Å². The molecule has 0 bridgehead atoms. The summed E-state index contributed by atoms with van der Waals surface area (Å²) < 4.78 is 20.0. The second-order valence-corrected chi connectivity index (χ2v) is 6.07. The van der Waals surface area contributed by atoms with Gasteiger partial charge in [0, 0.05) is 17.6 Å². The summed E-state index contributed by atoms with van der Waals surface area (Å²) in [6.45, 7) is 1.79. The van der Waals surface area contributed by atoms with Crippen LogP contribution in [0.25, 0.3) is 10.1 Å². The molecule has 1 amide bonds. The zero-order valence-electron chi connectivity index (χ0n) is 11.4. The van der Waals surface area contributed by atoms with Crippen molar-refractivity contribution in [2.75, 3.05) is 0 Å². The second-order valence-electron chi connectivity index (χ2n) is 4.61.